The van der Waals surface area contributed by atoms with Crippen molar-refractivity contribution in [2.45, 2.75) is 25.7 Å². The quantitative estimate of drug-likeness (QED) is 0.672. The number of rotatable bonds is 3. The van der Waals surface area contributed by atoms with Crippen LogP contribution in [-0.4, -0.2) is 16.7 Å². The molecule has 1 aliphatic carbocycles. The third-order valence-corrected chi connectivity index (χ3v) is 5.66. The number of fused-ring (bicyclic) bond motifs is 1. The number of anilines is 1. The van der Waals surface area contributed by atoms with Crippen LogP contribution in [0.1, 0.15) is 49.9 Å². The molecule has 6 heteroatoms. The number of pyridine rings is 1. The Kier molecular flexibility index (Phi) is 5.07. The van der Waals surface area contributed by atoms with Crippen LogP contribution < -0.4 is 10.9 Å². The number of hydrogen-bond donors (Lipinski definition) is 2. The first kappa shape index (κ1) is 19.2. The number of hydrogen-bond acceptors (Lipinski definition) is 3. The number of amides is 1. The van der Waals surface area contributed by atoms with E-state index in [2.05, 4.69) is 10.3 Å². The van der Waals surface area contributed by atoms with Gasteiger partial charge < -0.3 is 10.3 Å². The smallest absolute Gasteiger partial charge is 0.261 e. The average Bonchev–Trinajstić information content (AvgIpc) is 2.70. The van der Waals surface area contributed by atoms with E-state index in [4.69, 9.17) is 11.6 Å². The minimum absolute atomic E-state index is 0.0150. The number of carbonyl (C=O) groups excluding carboxylic acids is 2. The van der Waals surface area contributed by atoms with Crippen molar-refractivity contribution in [1.29, 1.82) is 0 Å². The van der Waals surface area contributed by atoms with Gasteiger partial charge in [0.2, 0.25) is 0 Å². The Morgan fingerprint density at radius 3 is 2.55 bits per heavy atom. The van der Waals surface area contributed by atoms with E-state index in [9.17, 15) is 14.4 Å². The van der Waals surface area contributed by atoms with E-state index in [1.807, 2.05) is 37.3 Å². The molecule has 0 saturated carbocycles. The van der Waals surface area contributed by atoms with Crippen LogP contribution in [0.4, 0.5) is 5.69 Å². The van der Waals surface area contributed by atoms with Crippen LogP contribution in [0.2, 0.25) is 5.02 Å². The molecular weight excluding hydrogens is 388 g/mol. The Bertz CT molecular complexity index is 1170. The van der Waals surface area contributed by atoms with Gasteiger partial charge in [0.05, 0.1) is 0 Å². The summed E-state index contributed by atoms with van der Waals surface area (Å²) in [5.41, 5.74) is 2.81. The summed E-state index contributed by atoms with van der Waals surface area (Å²) in [5, 5.41) is 3.19. The molecule has 1 aromatic heterocycles. The van der Waals surface area contributed by atoms with Crippen LogP contribution in [0.15, 0.2) is 59.4 Å². The Hall–Kier alpha value is -3.18. The first-order chi connectivity index (χ1) is 13.9. The SMILES string of the molecule is Cc1ccc(NC(=O)c2cc3c([nH]c2=O)CC(c2ccccc2)CC3=O)cc1Cl. The summed E-state index contributed by atoms with van der Waals surface area (Å²) in [6, 6.07) is 16.3. The standard InChI is InChI=1S/C23H19ClN2O3/c1-13-7-8-16(11-19(13)24)25-22(28)18-12-17-20(26-23(18)29)9-15(10-21(17)27)14-5-3-2-4-6-14/h2-8,11-12,15H,9-10H2,1H3,(H,25,28)(H,26,29). The lowest BCUT2D eigenvalue weighted by Gasteiger charge is -2.24. The summed E-state index contributed by atoms with van der Waals surface area (Å²) >= 11 is 6.09. The van der Waals surface area contributed by atoms with Gasteiger partial charge in [0.25, 0.3) is 11.5 Å². The molecule has 4 rings (SSSR count). The fraction of sp³-hybridized carbons (Fsp3) is 0.174. The summed E-state index contributed by atoms with van der Waals surface area (Å²) < 4.78 is 0. The summed E-state index contributed by atoms with van der Waals surface area (Å²) in [6.45, 7) is 1.86. The zero-order valence-corrected chi connectivity index (χ0v) is 16.5. The highest BCUT2D eigenvalue weighted by Crippen LogP contribution is 2.31. The molecule has 0 spiro atoms. The zero-order chi connectivity index (χ0) is 20.5. The molecule has 1 amide bonds. The molecule has 1 unspecified atom stereocenters. The Labute approximate surface area is 172 Å². The van der Waals surface area contributed by atoms with E-state index in [0.29, 0.717) is 34.8 Å². The summed E-state index contributed by atoms with van der Waals surface area (Å²) in [4.78, 5) is 40.6. The van der Waals surface area contributed by atoms with Gasteiger partial charge in [-0.15, -0.1) is 0 Å². The summed E-state index contributed by atoms with van der Waals surface area (Å²) in [5.74, 6) is -0.642. The fourth-order valence-corrected chi connectivity index (χ4v) is 3.81. The van der Waals surface area contributed by atoms with Crippen LogP contribution in [0, 0.1) is 6.92 Å². The maximum Gasteiger partial charge on any atom is 0.261 e. The predicted molar refractivity (Wildman–Crippen MR) is 113 cm³/mol. The second-order valence-corrected chi connectivity index (χ2v) is 7.67. The third-order valence-electron chi connectivity index (χ3n) is 5.25. The minimum Gasteiger partial charge on any atom is -0.325 e. The number of aromatic nitrogens is 1. The minimum atomic E-state index is -0.577. The molecule has 0 radical (unpaired) electrons. The van der Waals surface area contributed by atoms with Crippen molar-refractivity contribution in [2.75, 3.05) is 5.32 Å². The van der Waals surface area contributed by atoms with E-state index in [0.717, 1.165) is 11.1 Å². The van der Waals surface area contributed by atoms with Crippen LogP contribution in [0.25, 0.3) is 0 Å². The number of halogens is 1. The maximum atomic E-state index is 12.7. The number of carbonyl (C=O) groups is 2. The van der Waals surface area contributed by atoms with E-state index in [1.54, 1.807) is 18.2 Å². The van der Waals surface area contributed by atoms with Crippen molar-refractivity contribution in [3.8, 4) is 0 Å². The van der Waals surface area contributed by atoms with Gasteiger partial charge in [0.1, 0.15) is 5.56 Å². The van der Waals surface area contributed by atoms with E-state index in [1.165, 1.54) is 6.07 Å². The molecule has 3 aromatic rings. The fourth-order valence-electron chi connectivity index (χ4n) is 3.63. The van der Waals surface area contributed by atoms with Crippen LogP contribution in [0.3, 0.4) is 0 Å². The molecule has 29 heavy (non-hydrogen) atoms. The van der Waals surface area contributed by atoms with Crippen molar-refractivity contribution in [3.63, 3.8) is 0 Å². The van der Waals surface area contributed by atoms with Gasteiger partial charge in [-0.25, -0.2) is 0 Å². The summed E-state index contributed by atoms with van der Waals surface area (Å²) in [6.07, 6.45) is 0.896. The average molecular weight is 407 g/mol. The zero-order valence-electron chi connectivity index (χ0n) is 15.8. The molecule has 146 valence electrons. The van der Waals surface area contributed by atoms with Gasteiger partial charge in [-0.3, -0.25) is 14.4 Å². The second-order valence-electron chi connectivity index (χ2n) is 7.26. The molecule has 1 heterocycles. The number of Topliss-reactive ketones (excluding diaryl/α,β-unsaturated/α-hetero) is 1. The van der Waals surface area contributed by atoms with Crippen LogP contribution in [-0.2, 0) is 6.42 Å². The van der Waals surface area contributed by atoms with Crippen molar-refractivity contribution in [2.24, 2.45) is 0 Å². The molecule has 0 aliphatic heterocycles. The highest BCUT2D eigenvalue weighted by atomic mass is 35.5. The first-order valence-corrected chi connectivity index (χ1v) is 9.72. The first-order valence-electron chi connectivity index (χ1n) is 9.34. The number of ketones is 1. The van der Waals surface area contributed by atoms with Gasteiger partial charge in [-0.2, -0.15) is 0 Å². The number of H-pyrrole nitrogens is 1. The number of aromatic amines is 1. The molecule has 0 fully saturated rings. The van der Waals surface area contributed by atoms with Crippen molar-refractivity contribution in [3.05, 3.63) is 97.9 Å². The van der Waals surface area contributed by atoms with E-state index in [-0.39, 0.29) is 17.3 Å². The molecule has 1 aliphatic rings. The molecule has 1 atom stereocenters. The van der Waals surface area contributed by atoms with Gasteiger partial charge in [0, 0.05) is 28.4 Å². The van der Waals surface area contributed by atoms with Gasteiger partial charge in [-0.1, -0.05) is 48.0 Å². The molecule has 0 saturated heterocycles. The lowest BCUT2D eigenvalue weighted by molar-refractivity contribution is 0.0963. The molecule has 5 nitrogen and oxygen atoms in total. The largest absolute Gasteiger partial charge is 0.325 e. The van der Waals surface area contributed by atoms with E-state index >= 15 is 0 Å². The highest BCUT2D eigenvalue weighted by molar-refractivity contribution is 6.31. The normalized spacial score (nSPS) is 15.7. The Morgan fingerprint density at radius 1 is 1.07 bits per heavy atom. The van der Waals surface area contributed by atoms with Crippen molar-refractivity contribution < 1.29 is 9.59 Å². The Balaban J connectivity index is 1.62. The van der Waals surface area contributed by atoms with Crippen molar-refractivity contribution in [1.82, 2.24) is 4.98 Å². The monoisotopic (exact) mass is 406 g/mol. The topological polar surface area (TPSA) is 79.0 Å². The number of nitrogens with one attached hydrogen (secondary N) is 2. The third kappa shape index (κ3) is 3.87. The van der Waals surface area contributed by atoms with Crippen molar-refractivity contribution >= 4 is 29.0 Å². The van der Waals surface area contributed by atoms with Gasteiger partial charge in [-0.05, 0) is 48.6 Å². The van der Waals surface area contributed by atoms with Crippen LogP contribution in [0.5, 0.6) is 0 Å². The summed E-state index contributed by atoms with van der Waals surface area (Å²) in [7, 11) is 0. The van der Waals surface area contributed by atoms with E-state index < -0.39 is 11.5 Å². The van der Waals surface area contributed by atoms with Gasteiger partial charge in [0.15, 0.2) is 5.78 Å². The lowest BCUT2D eigenvalue weighted by atomic mass is 9.81. The maximum absolute atomic E-state index is 12.7. The van der Waals surface area contributed by atoms with Crippen LogP contribution >= 0.6 is 11.6 Å². The molecular formula is C23H19ClN2O3. The second kappa shape index (κ2) is 7.68. The molecule has 0 bridgehead atoms. The number of aryl methyl sites for hydroxylation is 1. The predicted octanol–water partition coefficient (Wildman–Crippen LogP) is 4.50. The highest BCUT2D eigenvalue weighted by Gasteiger charge is 2.28. The number of benzene rings is 2. The van der Waals surface area contributed by atoms with Gasteiger partial charge >= 0.3 is 0 Å². The molecule has 2 N–H and O–H groups in total. The molecule has 2 aromatic carbocycles. The Morgan fingerprint density at radius 2 is 1.83 bits per heavy atom. The lowest BCUT2D eigenvalue weighted by Crippen LogP contribution is -2.29.